The van der Waals surface area contributed by atoms with Crippen LogP contribution in [0.5, 0.6) is 5.75 Å². The number of nitrogens with one attached hydrogen (secondary N) is 1. The predicted octanol–water partition coefficient (Wildman–Crippen LogP) is 6.01. The summed E-state index contributed by atoms with van der Waals surface area (Å²) < 4.78 is 19.0. The maximum Gasteiger partial charge on any atom is 0.141 e. The Bertz CT molecular complexity index is 1220. The highest BCUT2D eigenvalue weighted by Gasteiger charge is 2.09. The first kappa shape index (κ1) is 19.7. The van der Waals surface area contributed by atoms with E-state index in [1.165, 1.54) is 18.5 Å². The van der Waals surface area contributed by atoms with Crippen LogP contribution in [0.1, 0.15) is 11.1 Å². The molecule has 1 heterocycles. The highest BCUT2D eigenvalue weighted by atomic mass is 35.5. The van der Waals surface area contributed by atoms with Crippen LogP contribution in [-0.4, -0.2) is 9.97 Å². The fourth-order valence-corrected chi connectivity index (χ4v) is 3.23. The molecular weight excluding hydrogens is 407 g/mol. The molecule has 30 heavy (non-hydrogen) atoms. The number of ether oxygens (including phenoxy) is 1. The monoisotopic (exact) mass is 422 g/mol. The zero-order valence-electron chi connectivity index (χ0n) is 15.7. The summed E-state index contributed by atoms with van der Waals surface area (Å²) in [4.78, 5) is 19.1. The predicted molar refractivity (Wildman–Crippen MR) is 115 cm³/mol. The highest BCUT2D eigenvalue weighted by Crippen LogP contribution is 2.31. The van der Waals surface area contributed by atoms with Crippen LogP contribution in [0.2, 0.25) is 5.02 Å². The Morgan fingerprint density at radius 3 is 2.73 bits per heavy atom. The molecule has 0 amide bonds. The molecule has 3 aromatic carbocycles. The van der Waals surface area contributed by atoms with Crippen LogP contribution in [0, 0.1) is 10.7 Å². The van der Waals surface area contributed by atoms with Crippen molar-refractivity contribution in [2.75, 3.05) is 5.32 Å². The minimum absolute atomic E-state index is 0.0768. The molecule has 0 saturated heterocycles. The fourth-order valence-electron chi connectivity index (χ4n) is 3.00. The standard InChI is InChI=1S/C22H16ClFN4O2/c23-19-10-17(5-7-21(19)30-12-15-2-1-3-16(24)8-15)28-22-18-9-14(11-27-29)4-6-20(18)25-13-26-22/h1-10,13H,11-12H2,(H,25,26,28). The van der Waals surface area contributed by atoms with Crippen LogP contribution >= 0.6 is 11.6 Å². The fraction of sp³-hybridized carbons (Fsp3) is 0.0909. The van der Waals surface area contributed by atoms with Crippen LogP contribution in [0.25, 0.3) is 10.9 Å². The van der Waals surface area contributed by atoms with Gasteiger partial charge in [-0.15, -0.1) is 0 Å². The van der Waals surface area contributed by atoms with E-state index in [9.17, 15) is 9.30 Å². The Labute approximate surface area is 176 Å². The van der Waals surface area contributed by atoms with Gasteiger partial charge in [0.2, 0.25) is 0 Å². The average molecular weight is 423 g/mol. The summed E-state index contributed by atoms with van der Waals surface area (Å²) in [7, 11) is 0. The zero-order valence-corrected chi connectivity index (χ0v) is 16.4. The van der Waals surface area contributed by atoms with E-state index in [0.29, 0.717) is 27.8 Å². The molecule has 0 aliphatic rings. The van der Waals surface area contributed by atoms with Crippen LogP contribution in [0.3, 0.4) is 0 Å². The van der Waals surface area contributed by atoms with E-state index in [1.54, 1.807) is 30.3 Å². The number of anilines is 2. The van der Waals surface area contributed by atoms with Gasteiger partial charge in [0.15, 0.2) is 0 Å². The number of nitroso groups, excluding NO2 is 1. The zero-order chi connectivity index (χ0) is 20.9. The van der Waals surface area contributed by atoms with Crippen molar-refractivity contribution in [1.29, 1.82) is 0 Å². The molecule has 150 valence electrons. The largest absolute Gasteiger partial charge is 0.487 e. The van der Waals surface area contributed by atoms with Crippen LogP contribution < -0.4 is 10.1 Å². The van der Waals surface area contributed by atoms with Gasteiger partial charge in [-0.2, -0.15) is 4.91 Å². The number of hydrogen-bond acceptors (Lipinski definition) is 6. The lowest BCUT2D eigenvalue weighted by molar-refractivity contribution is 0.306. The second-order valence-electron chi connectivity index (χ2n) is 6.55. The van der Waals surface area contributed by atoms with Crippen molar-refractivity contribution in [2.45, 2.75) is 13.2 Å². The van der Waals surface area contributed by atoms with Gasteiger partial charge in [0.1, 0.15) is 36.9 Å². The lowest BCUT2D eigenvalue weighted by Crippen LogP contribution is -1.99. The Balaban J connectivity index is 1.53. The smallest absolute Gasteiger partial charge is 0.141 e. The number of fused-ring (bicyclic) bond motifs is 1. The summed E-state index contributed by atoms with van der Waals surface area (Å²) in [6, 6.07) is 16.9. The Morgan fingerprint density at radius 1 is 1.03 bits per heavy atom. The van der Waals surface area contributed by atoms with Gasteiger partial charge in [0.05, 0.1) is 10.5 Å². The first-order valence-corrected chi connectivity index (χ1v) is 9.47. The van der Waals surface area contributed by atoms with E-state index in [-0.39, 0.29) is 19.0 Å². The maximum atomic E-state index is 13.3. The van der Waals surface area contributed by atoms with Crippen molar-refractivity contribution in [3.05, 3.63) is 93.9 Å². The van der Waals surface area contributed by atoms with Gasteiger partial charge < -0.3 is 10.1 Å². The van der Waals surface area contributed by atoms with Gasteiger partial charge >= 0.3 is 0 Å². The van der Waals surface area contributed by atoms with Crippen molar-refractivity contribution < 1.29 is 9.13 Å². The van der Waals surface area contributed by atoms with Gasteiger partial charge in [-0.1, -0.05) is 35.0 Å². The molecule has 0 saturated carbocycles. The van der Waals surface area contributed by atoms with Crippen LogP contribution in [0.15, 0.2) is 72.2 Å². The normalized spacial score (nSPS) is 10.7. The van der Waals surface area contributed by atoms with Gasteiger partial charge in [0.25, 0.3) is 0 Å². The van der Waals surface area contributed by atoms with E-state index >= 15 is 0 Å². The van der Waals surface area contributed by atoms with Gasteiger partial charge in [-0.3, -0.25) is 0 Å². The van der Waals surface area contributed by atoms with E-state index in [2.05, 4.69) is 20.5 Å². The van der Waals surface area contributed by atoms with Crippen LogP contribution in [-0.2, 0) is 13.2 Å². The Hall–Kier alpha value is -3.58. The first-order chi connectivity index (χ1) is 14.6. The Morgan fingerprint density at radius 2 is 1.93 bits per heavy atom. The summed E-state index contributed by atoms with van der Waals surface area (Å²) in [5.41, 5.74) is 2.93. The van der Waals surface area contributed by atoms with E-state index in [0.717, 1.165) is 16.5 Å². The molecule has 0 bridgehead atoms. The third-order valence-corrected chi connectivity index (χ3v) is 4.72. The quantitative estimate of drug-likeness (QED) is 0.369. The second kappa shape index (κ2) is 8.84. The number of aromatic nitrogens is 2. The highest BCUT2D eigenvalue weighted by molar-refractivity contribution is 6.32. The summed E-state index contributed by atoms with van der Waals surface area (Å²) in [6.45, 7) is 0.280. The minimum Gasteiger partial charge on any atom is -0.487 e. The number of nitrogens with zero attached hydrogens (tertiary/aromatic N) is 3. The SMILES string of the molecule is O=NCc1ccc2ncnc(Nc3ccc(OCc4cccc(F)c4)c(Cl)c3)c2c1. The summed E-state index contributed by atoms with van der Waals surface area (Å²) in [5.74, 6) is 0.751. The third kappa shape index (κ3) is 4.52. The average Bonchev–Trinajstić information content (AvgIpc) is 2.74. The van der Waals surface area contributed by atoms with Gasteiger partial charge in [-0.25, -0.2) is 14.4 Å². The molecule has 4 aromatic rings. The topological polar surface area (TPSA) is 76.5 Å². The van der Waals surface area contributed by atoms with Crippen LogP contribution in [0.4, 0.5) is 15.9 Å². The summed E-state index contributed by atoms with van der Waals surface area (Å²) >= 11 is 6.36. The molecule has 6 nitrogen and oxygen atoms in total. The van der Waals surface area contributed by atoms with Gasteiger partial charge in [-0.05, 0) is 53.6 Å². The van der Waals surface area contributed by atoms with Crippen molar-refractivity contribution in [3.8, 4) is 5.75 Å². The molecule has 4 rings (SSSR count). The number of rotatable bonds is 7. The van der Waals surface area contributed by atoms with Crippen molar-refractivity contribution in [2.24, 2.45) is 5.18 Å². The molecule has 0 radical (unpaired) electrons. The molecule has 0 atom stereocenters. The summed E-state index contributed by atoms with van der Waals surface area (Å²) in [6.07, 6.45) is 1.46. The minimum atomic E-state index is -0.314. The molecule has 1 aromatic heterocycles. The van der Waals surface area contributed by atoms with Crippen molar-refractivity contribution >= 4 is 34.0 Å². The molecule has 0 aliphatic carbocycles. The summed E-state index contributed by atoms with van der Waals surface area (Å²) in [5, 5.41) is 7.31. The Kier molecular flexibility index (Phi) is 5.81. The molecule has 0 fully saturated rings. The van der Waals surface area contributed by atoms with Crippen molar-refractivity contribution in [1.82, 2.24) is 9.97 Å². The molecule has 0 unspecified atom stereocenters. The van der Waals surface area contributed by atoms with E-state index in [1.807, 2.05) is 18.2 Å². The van der Waals surface area contributed by atoms with Crippen molar-refractivity contribution in [3.63, 3.8) is 0 Å². The lowest BCUT2D eigenvalue weighted by Gasteiger charge is -2.12. The molecule has 8 heteroatoms. The molecule has 1 N–H and O–H groups in total. The third-order valence-electron chi connectivity index (χ3n) is 4.42. The number of halogens is 2. The molecule has 0 aliphatic heterocycles. The van der Waals surface area contributed by atoms with E-state index in [4.69, 9.17) is 16.3 Å². The molecule has 0 spiro atoms. The van der Waals surface area contributed by atoms with Gasteiger partial charge in [0, 0.05) is 11.1 Å². The number of hydrogen-bond donors (Lipinski definition) is 1. The maximum absolute atomic E-state index is 13.3. The second-order valence-corrected chi connectivity index (χ2v) is 6.96. The first-order valence-electron chi connectivity index (χ1n) is 9.09. The molecular formula is C22H16ClFN4O2. The number of benzene rings is 3. The van der Waals surface area contributed by atoms with E-state index < -0.39 is 0 Å². The lowest BCUT2D eigenvalue weighted by atomic mass is 10.1.